The maximum atomic E-state index is 12.2. The van der Waals surface area contributed by atoms with Gasteiger partial charge in [0, 0.05) is 18.7 Å². The molecule has 6 nitrogen and oxygen atoms in total. The van der Waals surface area contributed by atoms with E-state index in [1.807, 2.05) is 32.0 Å². The molecule has 0 unspecified atom stereocenters. The van der Waals surface area contributed by atoms with Gasteiger partial charge < -0.3 is 10.1 Å². The van der Waals surface area contributed by atoms with E-state index in [0.717, 1.165) is 35.4 Å². The summed E-state index contributed by atoms with van der Waals surface area (Å²) >= 11 is 0. The van der Waals surface area contributed by atoms with Crippen LogP contribution in [0.3, 0.4) is 0 Å². The van der Waals surface area contributed by atoms with Crippen LogP contribution in [0.25, 0.3) is 0 Å². The summed E-state index contributed by atoms with van der Waals surface area (Å²) in [5.74, 6) is -0.898. The SMILES string of the molecule is Cc1ccc(C)c(NC(=O)CCNS(=O)(=O)c2ccc(OC(F)(F)F)cc2)c1. The second-order valence-electron chi connectivity index (χ2n) is 6.03. The first kappa shape index (κ1) is 21.7. The third kappa shape index (κ3) is 6.54. The molecule has 2 aromatic rings. The number of anilines is 1. The molecule has 10 heteroatoms. The van der Waals surface area contributed by atoms with Gasteiger partial charge in [0.05, 0.1) is 4.90 Å². The predicted molar refractivity (Wildman–Crippen MR) is 97.5 cm³/mol. The number of benzene rings is 2. The van der Waals surface area contributed by atoms with Gasteiger partial charge in [0.1, 0.15) is 5.75 Å². The van der Waals surface area contributed by atoms with Crippen LogP contribution in [0.4, 0.5) is 18.9 Å². The minimum atomic E-state index is -4.86. The smallest absolute Gasteiger partial charge is 0.406 e. The van der Waals surface area contributed by atoms with Gasteiger partial charge in [-0.05, 0) is 55.3 Å². The van der Waals surface area contributed by atoms with E-state index in [2.05, 4.69) is 14.8 Å². The standard InChI is InChI=1S/C18H19F3N2O4S/c1-12-3-4-13(2)16(11-12)23-17(24)9-10-22-28(25,26)15-7-5-14(6-8-15)27-18(19,20)21/h3-8,11,22H,9-10H2,1-2H3,(H,23,24). The average Bonchev–Trinajstić information content (AvgIpc) is 2.57. The first-order chi connectivity index (χ1) is 13.0. The number of halogens is 3. The van der Waals surface area contributed by atoms with E-state index in [-0.39, 0.29) is 23.8 Å². The number of carbonyl (C=O) groups is 1. The topological polar surface area (TPSA) is 84.5 Å². The lowest BCUT2D eigenvalue weighted by Gasteiger charge is -2.11. The summed E-state index contributed by atoms with van der Waals surface area (Å²) in [5, 5.41) is 2.71. The molecule has 1 amide bonds. The van der Waals surface area contributed by atoms with E-state index in [1.54, 1.807) is 0 Å². The van der Waals surface area contributed by atoms with Crippen LogP contribution in [0, 0.1) is 13.8 Å². The van der Waals surface area contributed by atoms with E-state index >= 15 is 0 Å². The number of hydrogen-bond acceptors (Lipinski definition) is 4. The molecular weight excluding hydrogens is 397 g/mol. The highest BCUT2D eigenvalue weighted by molar-refractivity contribution is 7.89. The van der Waals surface area contributed by atoms with Crippen LogP contribution in [0.2, 0.25) is 0 Å². The van der Waals surface area contributed by atoms with Crippen molar-refractivity contribution < 1.29 is 31.1 Å². The van der Waals surface area contributed by atoms with Crippen LogP contribution < -0.4 is 14.8 Å². The average molecular weight is 416 g/mol. The molecule has 0 aliphatic heterocycles. The number of ether oxygens (including phenoxy) is 1. The van der Waals surface area contributed by atoms with Gasteiger partial charge in [0.15, 0.2) is 0 Å². The Morgan fingerprint density at radius 2 is 1.71 bits per heavy atom. The predicted octanol–water partition coefficient (Wildman–Crippen LogP) is 3.51. The van der Waals surface area contributed by atoms with E-state index in [1.165, 1.54) is 0 Å². The van der Waals surface area contributed by atoms with Gasteiger partial charge in [-0.25, -0.2) is 13.1 Å². The number of hydrogen-bond donors (Lipinski definition) is 2. The zero-order chi connectivity index (χ0) is 20.9. The molecule has 0 aliphatic rings. The van der Waals surface area contributed by atoms with Crippen LogP contribution in [0.15, 0.2) is 47.4 Å². The molecule has 152 valence electrons. The zero-order valence-electron chi connectivity index (χ0n) is 15.1. The van der Waals surface area contributed by atoms with E-state index in [4.69, 9.17) is 0 Å². The normalized spacial score (nSPS) is 11.9. The fourth-order valence-corrected chi connectivity index (χ4v) is 3.32. The molecular formula is C18H19F3N2O4S. The van der Waals surface area contributed by atoms with Crippen molar-refractivity contribution in [3.05, 3.63) is 53.6 Å². The Bertz CT molecular complexity index is 942. The quantitative estimate of drug-likeness (QED) is 0.724. The molecule has 0 atom stereocenters. The summed E-state index contributed by atoms with van der Waals surface area (Å²) in [6.07, 6.45) is -4.97. The van der Waals surface area contributed by atoms with Crippen molar-refractivity contribution in [3.63, 3.8) is 0 Å². The van der Waals surface area contributed by atoms with Crippen LogP contribution in [-0.2, 0) is 14.8 Å². The highest BCUT2D eigenvalue weighted by Crippen LogP contribution is 2.23. The monoisotopic (exact) mass is 416 g/mol. The van der Waals surface area contributed by atoms with Gasteiger partial charge in [0.2, 0.25) is 15.9 Å². The first-order valence-corrected chi connectivity index (χ1v) is 9.67. The van der Waals surface area contributed by atoms with Gasteiger partial charge >= 0.3 is 6.36 Å². The Kier molecular flexibility index (Phi) is 6.68. The minimum Gasteiger partial charge on any atom is -0.406 e. The molecule has 2 aromatic carbocycles. The molecule has 0 bridgehead atoms. The lowest BCUT2D eigenvalue weighted by molar-refractivity contribution is -0.274. The fourth-order valence-electron chi connectivity index (χ4n) is 2.29. The summed E-state index contributed by atoms with van der Waals surface area (Å²) in [6.45, 7) is 3.55. The molecule has 0 aliphatic carbocycles. The van der Waals surface area contributed by atoms with Crippen molar-refractivity contribution in [1.82, 2.24) is 4.72 Å². The molecule has 0 saturated heterocycles. The van der Waals surface area contributed by atoms with Crippen LogP contribution >= 0.6 is 0 Å². The highest BCUT2D eigenvalue weighted by Gasteiger charge is 2.31. The maximum Gasteiger partial charge on any atom is 0.573 e. The van der Waals surface area contributed by atoms with Gasteiger partial charge in [-0.15, -0.1) is 13.2 Å². The molecule has 2 rings (SSSR count). The number of aryl methyl sites for hydroxylation is 2. The van der Waals surface area contributed by atoms with E-state index < -0.39 is 22.1 Å². The number of amides is 1. The Hall–Kier alpha value is -2.59. The first-order valence-electron chi connectivity index (χ1n) is 8.19. The van der Waals surface area contributed by atoms with Crippen LogP contribution in [0.1, 0.15) is 17.5 Å². The lowest BCUT2D eigenvalue weighted by Crippen LogP contribution is -2.28. The van der Waals surface area contributed by atoms with Crippen molar-refractivity contribution in [2.24, 2.45) is 0 Å². The number of sulfonamides is 1. The third-order valence-corrected chi connectivity index (χ3v) is 5.16. The van der Waals surface area contributed by atoms with Gasteiger partial charge in [-0.3, -0.25) is 4.79 Å². The largest absolute Gasteiger partial charge is 0.573 e. The van der Waals surface area contributed by atoms with Crippen molar-refractivity contribution >= 4 is 21.6 Å². The Morgan fingerprint density at radius 3 is 2.32 bits per heavy atom. The van der Waals surface area contributed by atoms with Gasteiger partial charge in [-0.2, -0.15) is 0 Å². The highest BCUT2D eigenvalue weighted by atomic mass is 32.2. The van der Waals surface area contributed by atoms with Crippen molar-refractivity contribution in [3.8, 4) is 5.75 Å². The molecule has 0 heterocycles. The van der Waals surface area contributed by atoms with Gasteiger partial charge in [-0.1, -0.05) is 12.1 Å². The van der Waals surface area contributed by atoms with Crippen molar-refractivity contribution in [2.75, 3.05) is 11.9 Å². The third-order valence-electron chi connectivity index (χ3n) is 3.68. The van der Waals surface area contributed by atoms with Crippen LogP contribution in [-0.4, -0.2) is 27.2 Å². The van der Waals surface area contributed by atoms with Gasteiger partial charge in [0.25, 0.3) is 0 Å². The summed E-state index contributed by atoms with van der Waals surface area (Å²) in [5.41, 5.74) is 2.49. The second kappa shape index (κ2) is 8.61. The summed E-state index contributed by atoms with van der Waals surface area (Å²) in [4.78, 5) is 11.8. The molecule has 0 radical (unpaired) electrons. The van der Waals surface area contributed by atoms with Crippen molar-refractivity contribution in [1.29, 1.82) is 0 Å². The maximum absolute atomic E-state index is 12.2. The Labute approximate surface area is 160 Å². The number of carbonyl (C=O) groups excluding carboxylic acids is 1. The lowest BCUT2D eigenvalue weighted by atomic mass is 10.1. The van der Waals surface area contributed by atoms with E-state index in [9.17, 15) is 26.4 Å². The number of alkyl halides is 3. The van der Waals surface area contributed by atoms with Crippen molar-refractivity contribution in [2.45, 2.75) is 31.5 Å². The van der Waals surface area contributed by atoms with Crippen LogP contribution in [0.5, 0.6) is 5.75 Å². The number of nitrogens with one attached hydrogen (secondary N) is 2. The summed E-state index contributed by atoms with van der Waals surface area (Å²) in [7, 11) is -3.97. The molecule has 0 aromatic heterocycles. The molecule has 28 heavy (non-hydrogen) atoms. The fraction of sp³-hybridized carbons (Fsp3) is 0.278. The minimum absolute atomic E-state index is 0.109. The molecule has 2 N–H and O–H groups in total. The Morgan fingerprint density at radius 1 is 1.07 bits per heavy atom. The molecule has 0 fully saturated rings. The summed E-state index contributed by atoms with van der Waals surface area (Å²) < 4.78 is 66.6. The zero-order valence-corrected chi connectivity index (χ0v) is 15.9. The Balaban J connectivity index is 1.90. The number of rotatable bonds is 7. The molecule has 0 saturated carbocycles. The summed E-state index contributed by atoms with van der Waals surface area (Å²) in [6, 6.07) is 9.34. The molecule has 0 spiro atoms. The second-order valence-corrected chi connectivity index (χ2v) is 7.80. The van der Waals surface area contributed by atoms with E-state index in [0.29, 0.717) is 5.69 Å².